The maximum absolute atomic E-state index is 13.5. The summed E-state index contributed by atoms with van der Waals surface area (Å²) in [5.41, 5.74) is 1.90. The van der Waals surface area contributed by atoms with E-state index in [2.05, 4.69) is 31.3 Å². The smallest absolute Gasteiger partial charge is 0.251 e. The summed E-state index contributed by atoms with van der Waals surface area (Å²) in [7, 11) is 1.69. The predicted octanol–water partition coefficient (Wildman–Crippen LogP) is 2.04. The van der Waals surface area contributed by atoms with Gasteiger partial charge in [0.15, 0.2) is 5.96 Å². The summed E-state index contributed by atoms with van der Waals surface area (Å²) in [5.74, 6) is -0.0178. The number of aryl methyl sites for hydroxylation is 2. The molecule has 0 aliphatic heterocycles. The van der Waals surface area contributed by atoms with E-state index in [0.717, 1.165) is 23.7 Å². The van der Waals surface area contributed by atoms with Crippen molar-refractivity contribution >= 4 is 23.2 Å². The van der Waals surface area contributed by atoms with Gasteiger partial charge < -0.3 is 16.0 Å². The van der Waals surface area contributed by atoms with Gasteiger partial charge in [-0.1, -0.05) is 6.07 Å². The highest BCUT2D eigenvalue weighted by atomic mass is 32.1. The number of aliphatic imine (C=N–C) groups is 1. The zero-order valence-electron chi connectivity index (χ0n) is 15.2. The molecular weight excluding hydrogens is 353 g/mol. The lowest BCUT2D eigenvalue weighted by Crippen LogP contribution is -2.42. The quantitative estimate of drug-likeness (QED) is 0.392. The lowest BCUT2D eigenvalue weighted by Gasteiger charge is -2.12. The molecule has 8 heteroatoms. The molecule has 0 aliphatic rings. The number of halogens is 1. The Labute approximate surface area is 157 Å². The molecule has 6 nitrogen and oxygen atoms in total. The summed E-state index contributed by atoms with van der Waals surface area (Å²) in [6.07, 6.45) is 0.820. The highest BCUT2D eigenvalue weighted by molar-refractivity contribution is 7.09. The second kappa shape index (κ2) is 9.86. The second-order valence-electron chi connectivity index (χ2n) is 5.75. The van der Waals surface area contributed by atoms with Crippen LogP contribution in [-0.4, -0.2) is 43.5 Å². The molecule has 1 aromatic heterocycles. The average Bonchev–Trinajstić information content (AvgIpc) is 3.04. The number of hydrogen-bond donors (Lipinski definition) is 3. The monoisotopic (exact) mass is 377 g/mol. The standard InChI is InChI=1S/C18H24FN5OS/c1-12-4-5-14(10-16(12)19)17(25)21-8-9-23-18(20-3)22-7-6-15-11-26-13(2)24-15/h4-5,10-11H,6-9H2,1-3H3,(H,21,25)(H2,20,22,23). The number of thiazole rings is 1. The molecule has 0 aliphatic carbocycles. The van der Waals surface area contributed by atoms with Gasteiger partial charge in [-0.05, 0) is 31.5 Å². The van der Waals surface area contributed by atoms with Gasteiger partial charge in [-0.25, -0.2) is 9.37 Å². The summed E-state index contributed by atoms with van der Waals surface area (Å²) in [4.78, 5) is 20.5. The first-order valence-corrected chi connectivity index (χ1v) is 9.27. The number of nitrogens with zero attached hydrogens (tertiary/aromatic N) is 2. The van der Waals surface area contributed by atoms with Crippen LogP contribution >= 0.6 is 11.3 Å². The van der Waals surface area contributed by atoms with Crippen LogP contribution in [0, 0.1) is 19.7 Å². The Morgan fingerprint density at radius 1 is 1.19 bits per heavy atom. The molecule has 0 fully saturated rings. The molecule has 3 N–H and O–H groups in total. The van der Waals surface area contributed by atoms with Crippen LogP contribution in [0.25, 0.3) is 0 Å². The van der Waals surface area contributed by atoms with Gasteiger partial charge in [-0.3, -0.25) is 9.79 Å². The van der Waals surface area contributed by atoms with Crippen molar-refractivity contribution in [3.63, 3.8) is 0 Å². The zero-order valence-corrected chi connectivity index (χ0v) is 16.0. The van der Waals surface area contributed by atoms with E-state index >= 15 is 0 Å². The molecule has 0 bridgehead atoms. The number of benzene rings is 1. The molecule has 0 unspecified atom stereocenters. The Balaban J connectivity index is 1.66. The second-order valence-corrected chi connectivity index (χ2v) is 6.82. The maximum atomic E-state index is 13.5. The molecule has 0 saturated heterocycles. The molecule has 1 heterocycles. The van der Waals surface area contributed by atoms with Crippen molar-refractivity contribution < 1.29 is 9.18 Å². The van der Waals surface area contributed by atoms with Gasteiger partial charge in [0.2, 0.25) is 0 Å². The van der Waals surface area contributed by atoms with Crippen molar-refractivity contribution in [1.82, 2.24) is 20.9 Å². The first-order valence-electron chi connectivity index (χ1n) is 8.39. The van der Waals surface area contributed by atoms with Crippen LogP contribution in [0.4, 0.5) is 4.39 Å². The highest BCUT2D eigenvalue weighted by Gasteiger charge is 2.07. The van der Waals surface area contributed by atoms with Crippen LogP contribution in [0.2, 0.25) is 0 Å². The number of rotatable bonds is 7. The van der Waals surface area contributed by atoms with Gasteiger partial charge in [-0.2, -0.15) is 0 Å². The van der Waals surface area contributed by atoms with Gasteiger partial charge in [0.25, 0.3) is 5.91 Å². The van der Waals surface area contributed by atoms with E-state index in [1.165, 1.54) is 6.07 Å². The van der Waals surface area contributed by atoms with Crippen molar-refractivity contribution in [2.75, 3.05) is 26.7 Å². The number of carbonyl (C=O) groups is 1. The van der Waals surface area contributed by atoms with Crippen molar-refractivity contribution in [1.29, 1.82) is 0 Å². The number of guanidine groups is 1. The van der Waals surface area contributed by atoms with Crippen molar-refractivity contribution in [2.45, 2.75) is 20.3 Å². The lowest BCUT2D eigenvalue weighted by atomic mass is 10.1. The van der Waals surface area contributed by atoms with Crippen LogP contribution in [0.15, 0.2) is 28.6 Å². The number of nitrogens with one attached hydrogen (secondary N) is 3. The molecular formula is C18H24FN5OS. The van der Waals surface area contributed by atoms with Crippen molar-refractivity contribution in [3.8, 4) is 0 Å². The van der Waals surface area contributed by atoms with E-state index < -0.39 is 0 Å². The minimum atomic E-state index is -0.379. The Kier molecular flexibility index (Phi) is 7.53. The molecule has 2 aromatic rings. The van der Waals surface area contributed by atoms with Crippen molar-refractivity contribution in [2.24, 2.45) is 4.99 Å². The number of hydrogen-bond acceptors (Lipinski definition) is 4. The Hall–Kier alpha value is -2.48. The average molecular weight is 377 g/mol. The number of aromatic nitrogens is 1. The summed E-state index contributed by atoms with van der Waals surface area (Å²) in [6.45, 7) is 5.28. The fraction of sp³-hybridized carbons (Fsp3) is 0.389. The van der Waals surface area contributed by atoms with Gasteiger partial charge in [0.1, 0.15) is 5.82 Å². The van der Waals surface area contributed by atoms with Gasteiger partial charge >= 0.3 is 0 Å². The van der Waals surface area contributed by atoms with E-state index in [-0.39, 0.29) is 11.7 Å². The Morgan fingerprint density at radius 2 is 1.92 bits per heavy atom. The topological polar surface area (TPSA) is 78.4 Å². The van der Waals surface area contributed by atoms with Crippen LogP contribution in [0.1, 0.15) is 26.6 Å². The minimum Gasteiger partial charge on any atom is -0.356 e. The fourth-order valence-corrected chi connectivity index (χ4v) is 2.89. The molecule has 2 rings (SSSR count). The first-order chi connectivity index (χ1) is 12.5. The third-order valence-electron chi connectivity index (χ3n) is 3.70. The minimum absolute atomic E-state index is 0.299. The largest absolute Gasteiger partial charge is 0.356 e. The molecule has 140 valence electrons. The zero-order chi connectivity index (χ0) is 18.9. The van der Waals surface area contributed by atoms with E-state index in [1.54, 1.807) is 37.4 Å². The molecule has 0 spiro atoms. The van der Waals surface area contributed by atoms with E-state index in [4.69, 9.17) is 0 Å². The van der Waals surface area contributed by atoms with Gasteiger partial charge in [0, 0.05) is 44.0 Å². The van der Waals surface area contributed by atoms with Crippen LogP contribution < -0.4 is 16.0 Å². The third kappa shape index (κ3) is 6.11. The summed E-state index contributed by atoms with van der Waals surface area (Å²) in [6, 6.07) is 4.46. The van der Waals surface area contributed by atoms with E-state index in [0.29, 0.717) is 30.2 Å². The summed E-state index contributed by atoms with van der Waals surface area (Å²) < 4.78 is 13.5. The highest BCUT2D eigenvalue weighted by Crippen LogP contribution is 2.09. The Bertz CT molecular complexity index is 775. The number of amides is 1. The maximum Gasteiger partial charge on any atom is 0.251 e. The van der Waals surface area contributed by atoms with E-state index in [9.17, 15) is 9.18 Å². The fourth-order valence-electron chi connectivity index (χ4n) is 2.25. The Morgan fingerprint density at radius 3 is 2.58 bits per heavy atom. The van der Waals surface area contributed by atoms with Crippen LogP contribution in [0.5, 0.6) is 0 Å². The molecule has 1 aromatic carbocycles. The lowest BCUT2D eigenvalue weighted by molar-refractivity contribution is 0.0954. The van der Waals surface area contributed by atoms with Crippen molar-refractivity contribution in [3.05, 3.63) is 51.2 Å². The van der Waals surface area contributed by atoms with E-state index in [1.807, 2.05) is 6.92 Å². The van der Waals surface area contributed by atoms with Gasteiger partial charge in [-0.15, -0.1) is 11.3 Å². The third-order valence-corrected chi connectivity index (χ3v) is 4.52. The summed E-state index contributed by atoms with van der Waals surface area (Å²) in [5, 5.41) is 12.2. The predicted molar refractivity (Wildman–Crippen MR) is 103 cm³/mol. The molecule has 0 atom stereocenters. The first kappa shape index (κ1) is 19.8. The molecule has 26 heavy (non-hydrogen) atoms. The SMILES string of the molecule is CN=C(NCCNC(=O)c1ccc(C)c(F)c1)NCCc1csc(C)n1. The molecule has 0 saturated carbocycles. The van der Waals surface area contributed by atoms with Gasteiger partial charge in [0.05, 0.1) is 10.7 Å². The molecule has 1 amide bonds. The number of carbonyl (C=O) groups excluding carboxylic acids is 1. The molecule has 0 radical (unpaired) electrons. The van der Waals surface area contributed by atoms with Crippen LogP contribution in [0.3, 0.4) is 0 Å². The van der Waals surface area contributed by atoms with Crippen LogP contribution in [-0.2, 0) is 6.42 Å². The summed E-state index contributed by atoms with van der Waals surface area (Å²) >= 11 is 1.64. The normalized spacial score (nSPS) is 11.3.